The third-order valence-corrected chi connectivity index (χ3v) is 2.89. The van der Waals surface area contributed by atoms with Gasteiger partial charge in [-0.15, -0.1) is 0 Å². The fraction of sp³-hybridized carbons (Fsp3) is 0.455. The van der Waals surface area contributed by atoms with Crippen LogP contribution in [0.5, 0.6) is 0 Å². The molecule has 1 aromatic heterocycles. The van der Waals surface area contributed by atoms with Crippen LogP contribution in [0.4, 0.5) is 0 Å². The fourth-order valence-electron chi connectivity index (χ4n) is 2.14. The van der Waals surface area contributed by atoms with Crippen molar-refractivity contribution in [3.63, 3.8) is 0 Å². The van der Waals surface area contributed by atoms with Crippen LogP contribution in [0.3, 0.4) is 0 Å². The lowest BCUT2D eigenvalue weighted by Crippen LogP contribution is -2.12. The van der Waals surface area contributed by atoms with Crippen molar-refractivity contribution in [2.75, 3.05) is 0 Å². The Morgan fingerprint density at radius 1 is 1.33 bits per heavy atom. The topological polar surface area (TPSA) is 70.2 Å². The van der Waals surface area contributed by atoms with Gasteiger partial charge in [-0.3, -0.25) is 4.79 Å². The molecular weight excluding hydrogens is 194 g/mol. The quantitative estimate of drug-likeness (QED) is 0.775. The van der Waals surface area contributed by atoms with Gasteiger partial charge in [0.25, 0.3) is 0 Å². The minimum atomic E-state index is -1.08. The molecule has 15 heavy (non-hydrogen) atoms. The number of hydrogen-bond donors (Lipinski definition) is 2. The number of hydrogen-bond acceptors (Lipinski definition) is 2. The lowest BCUT2D eigenvalue weighted by molar-refractivity contribution is 0.0690. The molecule has 0 atom stereocenters. The second-order valence-corrected chi connectivity index (χ2v) is 3.97. The second kappa shape index (κ2) is 3.88. The number of aromatic amines is 1. The number of aromatic carboxylic acids is 1. The molecule has 0 aromatic carbocycles. The van der Waals surface area contributed by atoms with Gasteiger partial charge in [0.15, 0.2) is 5.43 Å². The van der Waals surface area contributed by atoms with Gasteiger partial charge < -0.3 is 10.1 Å². The Labute approximate surface area is 87.0 Å². The van der Waals surface area contributed by atoms with Crippen LogP contribution in [-0.2, 0) is 0 Å². The van der Waals surface area contributed by atoms with Crippen LogP contribution >= 0.6 is 0 Å². The Bertz CT molecular complexity index is 430. The summed E-state index contributed by atoms with van der Waals surface area (Å²) in [5.74, 6) is -0.746. The van der Waals surface area contributed by atoms with Crippen LogP contribution in [0, 0.1) is 0 Å². The molecule has 80 valence electrons. The zero-order valence-electron chi connectivity index (χ0n) is 8.32. The van der Waals surface area contributed by atoms with E-state index in [0.717, 1.165) is 37.4 Å². The highest BCUT2D eigenvalue weighted by Gasteiger charge is 2.19. The third-order valence-electron chi connectivity index (χ3n) is 2.89. The predicted molar refractivity (Wildman–Crippen MR) is 55.2 cm³/mol. The summed E-state index contributed by atoms with van der Waals surface area (Å²) in [5, 5.41) is 8.81. The molecule has 1 fully saturated rings. The number of rotatable bonds is 2. The Morgan fingerprint density at radius 2 is 2.00 bits per heavy atom. The van der Waals surface area contributed by atoms with E-state index in [4.69, 9.17) is 5.11 Å². The van der Waals surface area contributed by atoms with E-state index in [0.29, 0.717) is 5.92 Å². The molecule has 0 saturated heterocycles. The fourth-order valence-corrected chi connectivity index (χ4v) is 2.14. The number of nitrogens with one attached hydrogen (secondary N) is 1. The van der Waals surface area contributed by atoms with Crippen molar-refractivity contribution in [1.82, 2.24) is 4.98 Å². The van der Waals surface area contributed by atoms with Crippen LogP contribution < -0.4 is 5.43 Å². The number of aromatic nitrogens is 1. The van der Waals surface area contributed by atoms with Crippen LogP contribution in [0.2, 0.25) is 0 Å². The zero-order chi connectivity index (χ0) is 10.8. The first-order valence-electron chi connectivity index (χ1n) is 5.14. The highest BCUT2D eigenvalue weighted by molar-refractivity contribution is 5.85. The van der Waals surface area contributed by atoms with E-state index in [9.17, 15) is 9.59 Å². The Hall–Kier alpha value is -1.58. The maximum atomic E-state index is 11.3. The molecule has 2 N–H and O–H groups in total. The average molecular weight is 207 g/mol. The summed E-state index contributed by atoms with van der Waals surface area (Å²) in [4.78, 5) is 24.9. The SMILES string of the molecule is O=C(O)c1cc(=O)cc(C2CCCC2)[nH]1. The van der Waals surface area contributed by atoms with E-state index in [-0.39, 0.29) is 11.1 Å². The molecule has 4 heteroatoms. The van der Waals surface area contributed by atoms with Crippen LogP contribution in [0.25, 0.3) is 0 Å². The summed E-state index contributed by atoms with van der Waals surface area (Å²) in [7, 11) is 0. The van der Waals surface area contributed by atoms with Crippen molar-refractivity contribution in [2.24, 2.45) is 0 Å². The van der Waals surface area contributed by atoms with E-state index >= 15 is 0 Å². The molecule has 4 nitrogen and oxygen atoms in total. The van der Waals surface area contributed by atoms with Crippen LogP contribution in [0.1, 0.15) is 47.8 Å². The number of pyridine rings is 1. The zero-order valence-corrected chi connectivity index (χ0v) is 8.32. The van der Waals surface area contributed by atoms with Gasteiger partial charge in [0.05, 0.1) is 0 Å². The number of carboxylic acids is 1. The maximum absolute atomic E-state index is 11.3. The molecule has 1 aliphatic carbocycles. The van der Waals surface area contributed by atoms with Crippen molar-refractivity contribution in [3.8, 4) is 0 Å². The standard InChI is InChI=1S/C11H13NO3/c13-8-5-9(7-3-1-2-4-7)12-10(6-8)11(14)15/h5-7H,1-4H2,(H,12,13)(H,14,15). The monoisotopic (exact) mass is 207 g/mol. The van der Waals surface area contributed by atoms with Gasteiger partial charge in [0, 0.05) is 17.8 Å². The lowest BCUT2D eigenvalue weighted by Gasteiger charge is -2.09. The summed E-state index contributed by atoms with van der Waals surface area (Å²) in [6.07, 6.45) is 4.39. The van der Waals surface area contributed by atoms with Gasteiger partial charge in [0.2, 0.25) is 0 Å². The van der Waals surface area contributed by atoms with Crippen molar-refractivity contribution >= 4 is 5.97 Å². The van der Waals surface area contributed by atoms with Gasteiger partial charge in [-0.25, -0.2) is 4.79 Å². The minimum Gasteiger partial charge on any atom is -0.477 e. The number of carbonyl (C=O) groups is 1. The number of H-pyrrole nitrogens is 1. The second-order valence-electron chi connectivity index (χ2n) is 3.97. The summed E-state index contributed by atoms with van der Waals surface area (Å²) >= 11 is 0. The van der Waals surface area contributed by atoms with Gasteiger partial charge in [-0.05, 0) is 18.8 Å². The first kappa shape index (κ1) is 9.96. The molecule has 1 heterocycles. The molecule has 1 saturated carbocycles. The molecule has 2 rings (SSSR count). The highest BCUT2D eigenvalue weighted by Crippen LogP contribution is 2.32. The van der Waals surface area contributed by atoms with Crippen LogP contribution in [0.15, 0.2) is 16.9 Å². The smallest absolute Gasteiger partial charge is 0.352 e. The van der Waals surface area contributed by atoms with E-state index in [2.05, 4.69) is 4.98 Å². The third kappa shape index (κ3) is 2.09. The van der Waals surface area contributed by atoms with Gasteiger partial charge in [0.1, 0.15) is 5.69 Å². The Morgan fingerprint density at radius 3 is 2.60 bits per heavy atom. The van der Waals surface area contributed by atoms with E-state index in [1.807, 2.05) is 0 Å². The van der Waals surface area contributed by atoms with Crippen LogP contribution in [-0.4, -0.2) is 16.1 Å². The Balaban J connectivity index is 2.38. The highest BCUT2D eigenvalue weighted by atomic mass is 16.4. The minimum absolute atomic E-state index is 0.00981. The van der Waals surface area contributed by atoms with Gasteiger partial charge >= 0.3 is 5.97 Å². The largest absolute Gasteiger partial charge is 0.477 e. The van der Waals surface area contributed by atoms with Crippen molar-refractivity contribution < 1.29 is 9.90 Å². The summed E-state index contributed by atoms with van der Waals surface area (Å²) < 4.78 is 0. The van der Waals surface area contributed by atoms with Crippen molar-refractivity contribution in [1.29, 1.82) is 0 Å². The summed E-state index contributed by atoms with van der Waals surface area (Å²) in [5.41, 5.74) is 0.537. The van der Waals surface area contributed by atoms with E-state index < -0.39 is 5.97 Å². The predicted octanol–water partition coefficient (Wildman–Crippen LogP) is 1.73. The molecule has 0 amide bonds. The normalized spacial score (nSPS) is 16.8. The molecule has 1 aliphatic rings. The Kier molecular flexibility index (Phi) is 2.58. The van der Waals surface area contributed by atoms with Crippen molar-refractivity contribution in [2.45, 2.75) is 31.6 Å². The molecule has 0 spiro atoms. The summed E-state index contributed by atoms with van der Waals surface area (Å²) in [6, 6.07) is 2.64. The average Bonchev–Trinajstić information content (AvgIpc) is 2.69. The number of carboxylic acid groups (broad SMARTS) is 1. The van der Waals surface area contributed by atoms with E-state index in [1.165, 1.54) is 6.07 Å². The summed E-state index contributed by atoms with van der Waals surface area (Å²) in [6.45, 7) is 0. The molecule has 0 aliphatic heterocycles. The molecular formula is C11H13NO3. The molecule has 1 aromatic rings. The first-order valence-corrected chi connectivity index (χ1v) is 5.14. The van der Waals surface area contributed by atoms with Gasteiger partial charge in [-0.1, -0.05) is 12.8 Å². The lowest BCUT2D eigenvalue weighted by atomic mass is 10.0. The molecule has 0 bridgehead atoms. The first-order chi connectivity index (χ1) is 7.16. The molecule has 0 unspecified atom stereocenters. The molecule has 0 radical (unpaired) electrons. The van der Waals surface area contributed by atoms with E-state index in [1.54, 1.807) is 0 Å². The van der Waals surface area contributed by atoms with Gasteiger partial charge in [-0.2, -0.15) is 0 Å². The maximum Gasteiger partial charge on any atom is 0.352 e. The van der Waals surface area contributed by atoms with Crippen molar-refractivity contribution in [3.05, 3.63) is 33.7 Å².